The number of hydrogen-bond donors (Lipinski definition) is 2. The van der Waals surface area contributed by atoms with Gasteiger partial charge in [0.1, 0.15) is 10.0 Å². The van der Waals surface area contributed by atoms with Crippen LogP contribution in [0.25, 0.3) is 0 Å². The van der Waals surface area contributed by atoms with Crippen molar-refractivity contribution in [3.05, 3.63) is 40.9 Å². The summed E-state index contributed by atoms with van der Waals surface area (Å²) in [6, 6.07) is 4.83. The zero-order valence-corrected chi connectivity index (χ0v) is 14.9. The summed E-state index contributed by atoms with van der Waals surface area (Å²) in [5.41, 5.74) is 0.957. The van der Waals surface area contributed by atoms with E-state index in [9.17, 15) is 13.5 Å². The predicted octanol–water partition coefficient (Wildman–Crippen LogP) is 1.57. The third-order valence-electron chi connectivity index (χ3n) is 4.28. The summed E-state index contributed by atoms with van der Waals surface area (Å²) >= 11 is 6.10. The lowest BCUT2D eigenvalue weighted by Gasteiger charge is -2.37. The van der Waals surface area contributed by atoms with Crippen LogP contribution in [-0.4, -0.2) is 34.4 Å². The Balaban J connectivity index is 1.95. The number of aliphatic hydroxyl groups excluding tert-OH is 1. The van der Waals surface area contributed by atoms with Gasteiger partial charge in [0.2, 0.25) is 10.0 Å². The number of rotatable bonds is 5. The molecule has 7 nitrogen and oxygen atoms in total. The first-order valence-electron chi connectivity index (χ1n) is 7.60. The SMILES string of the molecule is Cc1nn(C)c(Cl)c1S(=O)(=O)NC(c1ccccn1)C1CC(O)C1. The molecule has 24 heavy (non-hydrogen) atoms. The van der Waals surface area contributed by atoms with Crippen molar-refractivity contribution in [1.29, 1.82) is 0 Å². The van der Waals surface area contributed by atoms with E-state index in [0.29, 0.717) is 24.2 Å². The predicted molar refractivity (Wildman–Crippen MR) is 89.0 cm³/mol. The number of aromatic nitrogens is 3. The molecule has 0 aliphatic heterocycles. The highest BCUT2D eigenvalue weighted by atomic mass is 35.5. The van der Waals surface area contributed by atoms with Gasteiger partial charge in [-0.05, 0) is 37.8 Å². The molecule has 2 N–H and O–H groups in total. The number of nitrogens with one attached hydrogen (secondary N) is 1. The summed E-state index contributed by atoms with van der Waals surface area (Å²) in [5, 5.41) is 13.7. The largest absolute Gasteiger partial charge is 0.393 e. The topological polar surface area (TPSA) is 97.1 Å². The molecule has 3 rings (SSSR count). The number of sulfonamides is 1. The summed E-state index contributed by atoms with van der Waals surface area (Å²) in [7, 11) is -2.28. The Labute approximate surface area is 145 Å². The van der Waals surface area contributed by atoms with Crippen molar-refractivity contribution in [2.24, 2.45) is 13.0 Å². The van der Waals surface area contributed by atoms with Crippen LogP contribution < -0.4 is 4.72 Å². The summed E-state index contributed by atoms with van der Waals surface area (Å²) < 4.78 is 29.7. The van der Waals surface area contributed by atoms with Gasteiger partial charge in [-0.3, -0.25) is 9.67 Å². The number of halogens is 1. The molecule has 2 aromatic heterocycles. The average Bonchev–Trinajstić information content (AvgIpc) is 2.76. The van der Waals surface area contributed by atoms with Crippen LogP contribution in [-0.2, 0) is 17.1 Å². The Kier molecular flexibility index (Phi) is 4.65. The Bertz CT molecular complexity index is 832. The zero-order valence-electron chi connectivity index (χ0n) is 13.3. The van der Waals surface area contributed by atoms with Crippen LogP contribution in [0.3, 0.4) is 0 Å². The monoisotopic (exact) mass is 370 g/mol. The lowest BCUT2D eigenvalue weighted by atomic mass is 9.76. The second-order valence-corrected chi connectivity index (χ2v) is 8.08. The van der Waals surface area contributed by atoms with Crippen LogP contribution >= 0.6 is 11.6 Å². The van der Waals surface area contributed by atoms with Gasteiger partial charge in [0, 0.05) is 13.2 Å². The van der Waals surface area contributed by atoms with E-state index in [0.717, 1.165) is 0 Å². The maximum Gasteiger partial charge on any atom is 0.246 e. The molecule has 0 aromatic carbocycles. The van der Waals surface area contributed by atoms with Crippen molar-refractivity contribution in [3.63, 3.8) is 0 Å². The standard InChI is InChI=1S/C15H19ClN4O3S/c1-9-14(15(16)20(2)18-9)24(22,23)19-13(10-7-11(21)8-10)12-5-3-4-6-17-12/h3-6,10-11,13,19,21H,7-8H2,1-2H3. The first-order chi connectivity index (χ1) is 11.3. The van der Waals surface area contributed by atoms with Crippen LogP contribution in [0.2, 0.25) is 5.15 Å². The summed E-state index contributed by atoms with van der Waals surface area (Å²) in [5.74, 6) is -0.0135. The molecule has 2 heterocycles. The highest BCUT2D eigenvalue weighted by Gasteiger charge is 2.39. The second-order valence-electron chi connectivity index (χ2n) is 6.07. The summed E-state index contributed by atoms with van der Waals surface area (Å²) in [6.07, 6.45) is 2.29. The van der Waals surface area contributed by atoms with Gasteiger partial charge in [0.15, 0.2) is 0 Å². The van der Waals surface area contributed by atoms with Crippen LogP contribution in [0.4, 0.5) is 0 Å². The highest BCUT2D eigenvalue weighted by molar-refractivity contribution is 7.89. The Morgan fingerprint density at radius 3 is 2.62 bits per heavy atom. The summed E-state index contributed by atoms with van der Waals surface area (Å²) in [6.45, 7) is 1.60. The number of nitrogens with zero attached hydrogens (tertiary/aromatic N) is 3. The van der Waals surface area contributed by atoms with E-state index in [2.05, 4.69) is 14.8 Å². The smallest absolute Gasteiger partial charge is 0.246 e. The first kappa shape index (κ1) is 17.3. The summed E-state index contributed by atoms with van der Waals surface area (Å²) in [4.78, 5) is 4.25. The Hall–Kier alpha value is -1.48. The number of aryl methyl sites for hydroxylation is 2. The molecule has 0 bridgehead atoms. The molecule has 1 unspecified atom stereocenters. The van der Waals surface area contributed by atoms with E-state index in [1.54, 1.807) is 38.4 Å². The molecule has 2 aromatic rings. The molecule has 9 heteroatoms. The van der Waals surface area contributed by atoms with E-state index >= 15 is 0 Å². The minimum Gasteiger partial charge on any atom is -0.393 e. The minimum absolute atomic E-state index is 0.0135. The maximum absolute atomic E-state index is 12.9. The Morgan fingerprint density at radius 1 is 1.42 bits per heavy atom. The fourth-order valence-electron chi connectivity index (χ4n) is 3.00. The maximum atomic E-state index is 12.9. The fourth-order valence-corrected chi connectivity index (χ4v) is 5.03. The van der Waals surface area contributed by atoms with Crippen LogP contribution in [0.15, 0.2) is 29.3 Å². The molecule has 0 saturated heterocycles. The van der Waals surface area contributed by atoms with Crippen molar-refractivity contribution in [1.82, 2.24) is 19.5 Å². The van der Waals surface area contributed by atoms with E-state index in [1.165, 1.54) is 4.68 Å². The lowest BCUT2D eigenvalue weighted by Crippen LogP contribution is -2.41. The van der Waals surface area contributed by atoms with Gasteiger partial charge in [-0.15, -0.1) is 0 Å². The molecule has 0 radical (unpaired) electrons. The van der Waals surface area contributed by atoms with Crippen molar-refractivity contribution in [2.45, 2.75) is 36.8 Å². The van der Waals surface area contributed by atoms with Crippen molar-refractivity contribution in [3.8, 4) is 0 Å². The second kappa shape index (κ2) is 6.44. The molecular formula is C15H19ClN4O3S. The van der Waals surface area contributed by atoms with Gasteiger partial charge in [-0.1, -0.05) is 17.7 Å². The van der Waals surface area contributed by atoms with Crippen molar-refractivity contribution in [2.75, 3.05) is 0 Å². The van der Waals surface area contributed by atoms with Gasteiger partial charge in [0.05, 0.1) is 23.5 Å². The Morgan fingerprint density at radius 2 is 2.12 bits per heavy atom. The molecule has 1 atom stereocenters. The van der Waals surface area contributed by atoms with Gasteiger partial charge >= 0.3 is 0 Å². The molecule has 0 amide bonds. The normalized spacial score (nSPS) is 22.2. The van der Waals surface area contributed by atoms with E-state index in [-0.39, 0.29) is 16.0 Å². The van der Waals surface area contributed by atoms with E-state index in [1.807, 2.05) is 0 Å². The van der Waals surface area contributed by atoms with Gasteiger partial charge in [0.25, 0.3) is 0 Å². The third kappa shape index (κ3) is 3.19. The van der Waals surface area contributed by atoms with E-state index in [4.69, 9.17) is 11.6 Å². The number of pyridine rings is 1. The first-order valence-corrected chi connectivity index (χ1v) is 9.46. The molecular weight excluding hydrogens is 352 g/mol. The third-order valence-corrected chi connectivity index (χ3v) is 6.41. The molecule has 0 spiro atoms. The van der Waals surface area contributed by atoms with E-state index < -0.39 is 22.2 Å². The van der Waals surface area contributed by atoms with Gasteiger partial charge < -0.3 is 5.11 Å². The quantitative estimate of drug-likeness (QED) is 0.832. The van der Waals surface area contributed by atoms with Gasteiger partial charge in [-0.2, -0.15) is 5.10 Å². The number of hydrogen-bond acceptors (Lipinski definition) is 5. The minimum atomic E-state index is -3.87. The van der Waals surface area contributed by atoms with Gasteiger partial charge in [-0.25, -0.2) is 13.1 Å². The van der Waals surface area contributed by atoms with Crippen molar-refractivity contribution >= 4 is 21.6 Å². The average molecular weight is 371 g/mol. The van der Waals surface area contributed by atoms with Crippen LogP contribution in [0.1, 0.15) is 30.3 Å². The molecule has 1 fully saturated rings. The molecule has 1 saturated carbocycles. The number of aliphatic hydroxyl groups is 1. The molecule has 1 aliphatic carbocycles. The highest BCUT2D eigenvalue weighted by Crippen LogP contribution is 2.38. The van der Waals surface area contributed by atoms with Crippen molar-refractivity contribution < 1.29 is 13.5 Å². The molecule has 130 valence electrons. The lowest BCUT2D eigenvalue weighted by molar-refractivity contribution is 0.0273. The molecule has 1 aliphatic rings. The van der Waals surface area contributed by atoms with Crippen LogP contribution in [0.5, 0.6) is 0 Å². The van der Waals surface area contributed by atoms with Crippen LogP contribution in [0, 0.1) is 12.8 Å². The fraction of sp³-hybridized carbons (Fsp3) is 0.467. The zero-order chi connectivity index (χ0) is 17.5.